The van der Waals surface area contributed by atoms with Crippen LogP contribution in [0.1, 0.15) is 45.4 Å². The zero-order chi connectivity index (χ0) is 10.9. The van der Waals surface area contributed by atoms with Gasteiger partial charge in [-0.15, -0.1) is 0 Å². The highest BCUT2D eigenvalue weighted by atomic mass is 15.1. The first kappa shape index (κ1) is 13.0. The summed E-state index contributed by atoms with van der Waals surface area (Å²) >= 11 is 0. The Morgan fingerprint density at radius 3 is 2.47 bits per heavy atom. The molecule has 0 aliphatic carbocycles. The maximum Gasteiger partial charge on any atom is -0.00161 e. The molecule has 0 aromatic carbocycles. The van der Waals surface area contributed by atoms with Crippen molar-refractivity contribution in [2.45, 2.75) is 45.4 Å². The molecule has 0 saturated carbocycles. The average Bonchev–Trinajstić information content (AvgIpc) is 2.30. The second-order valence-corrected chi connectivity index (χ2v) is 4.86. The molecule has 0 bridgehead atoms. The number of nitrogens with zero attached hydrogens (tertiary/aromatic N) is 1. The minimum absolute atomic E-state index is 1.02. The maximum atomic E-state index is 3.21. The van der Waals surface area contributed by atoms with Crippen LogP contribution in [0.15, 0.2) is 0 Å². The van der Waals surface area contributed by atoms with Gasteiger partial charge in [0.25, 0.3) is 0 Å². The molecule has 2 heteroatoms. The third kappa shape index (κ3) is 5.53. The summed E-state index contributed by atoms with van der Waals surface area (Å²) in [6.07, 6.45) is 8.37. The van der Waals surface area contributed by atoms with Crippen molar-refractivity contribution < 1.29 is 0 Å². The predicted octanol–water partition coefficient (Wildman–Crippen LogP) is 2.50. The summed E-state index contributed by atoms with van der Waals surface area (Å²) in [7, 11) is 2.04. The number of unbranched alkanes of at least 4 members (excludes halogenated alkanes) is 2. The zero-order valence-corrected chi connectivity index (χ0v) is 10.6. The van der Waals surface area contributed by atoms with Crippen molar-refractivity contribution in [3.05, 3.63) is 0 Å². The lowest BCUT2D eigenvalue weighted by molar-refractivity contribution is 0.179. The smallest absolute Gasteiger partial charge is 0.00161 e. The Labute approximate surface area is 95.4 Å². The lowest BCUT2D eigenvalue weighted by atomic mass is 9.94. The van der Waals surface area contributed by atoms with Gasteiger partial charge in [0.2, 0.25) is 0 Å². The summed E-state index contributed by atoms with van der Waals surface area (Å²) in [5.41, 5.74) is 0. The van der Waals surface area contributed by atoms with Crippen LogP contribution in [-0.4, -0.2) is 38.1 Å². The molecule has 0 aromatic rings. The van der Waals surface area contributed by atoms with Crippen molar-refractivity contribution in [2.75, 3.05) is 33.2 Å². The zero-order valence-electron chi connectivity index (χ0n) is 10.6. The number of rotatable bonds is 7. The minimum Gasteiger partial charge on any atom is -0.320 e. The van der Waals surface area contributed by atoms with E-state index in [0.717, 1.165) is 5.92 Å². The Morgan fingerprint density at radius 2 is 1.87 bits per heavy atom. The van der Waals surface area contributed by atoms with Gasteiger partial charge < -0.3 is 10.2 Å². The Balaban J connectivity index is 1.94. The van der Waals surface area contributed by atoms with Crippen LogP contribution in [-0.2, 0) is 0 Å². The summed E-state index contributed by atoms with van der Waals surface area (Å²) < 4.78 is 0. The molecule has 1 aliphatic rings. The van der Waals surface area contributed by atoms with E-state index < -0.39 is 0 Å². The Bertz CT molecular complexity index is 139. The fourth-order valence-corrected chi connectivity index (χ4v) is 2.43. The molecule has 1 fully saturated rings. The molecule has 0 atom stereocenters. The molecule has 90 valence electrons. The van der Waals surface area contributed by atoms with Crippen molar-refractivity contribution in [3.63, 3.8) is 0 Å². The Kier molecular flexibility index (Phi) is 7.03. The second kappa shape index (κ2) is 8.12. The van der Waals surface area contributed by atoms with Crippen LogP contribution in [0.25, 0.3) is 0 Å². The van der Waals surface area contributed by atoms with E-state index in [4.69, 9.17) is 0 Å². The van der Waals surface area contributed by atoms with Crippen molar-refractivity contribution in [1.82, 2.24) is 10.2 Å². The second-order valence-electron chi connectivity index (χ2n) is 4.86. The van der Waals surface area contributed by atoms with Gasteiger partial charge in [-0.1, -0.05) is 19.8 Å². The van der Waals surface area contributed by atoms with Gasteiger partial charge in [-0.05, 0) is 64.8 Å². The third-order valence-electron chi connectivity index (χ3n) is 3.69. The topological polar surface area (TPSA) is 15.3 Å². The van der Waals surface area contributed by atoms with Gasteiger partial charge in [-0.2, -0.15) is 0 Å². The normalized spacial score (nSPS) is 19.6. The molecule has 0 aromatic heterocycles. The van der Waals surface area contributed by atoms with E-state index in [1.165, 1.54) is 64.7 Å². The van der Waals surface area contributed by atoms with E-state index >= 15 is 0 Å². The highest BCUT2D eigenvalue weighted by molar-refractivity contribution is 4.71. The van der Waals surface area contributed by atoms with E-state index in [-0.39, 0.29) is 0 Å². The molecule has 15 heavy (non-hydrogen) atoms. The fourth-order valence-electron chi connectivity index (χ4n) is 2.43. The number of hydrogen-bond donors (Lipinski definition) is 1. The van der Waals surface area contributed by atoms with Crippen LogP contribution in [0.5, 0.6) is 0 Å². The van der Waals surface area contributed by atoms with Crippen LogP contribution in [0.2, 0.25) is 0 Å². The van der Waals surface area contributed by atoms with Gasteiger partial charge >= 0.3 is 0 Å². The Morgan fingerprint density at radius 1 is 1.13 bits per heavy atom. The average molecular weight is 212 g/mol. The Hall–Kier alpha value is -0.0800. The number of nitrogens with one attached hydrogen (secondary N) is 1. The summed E-state index contributed by atoms with van der Waals surface area (Å²) in [6, 6.07) is 0. The highest BCUT2D eigenvalue weighted by Crippen LogP contribution is 2.19. The number of hydrogen-bond acceptors (Lipinski definition) is 2. The van der Waals surface area contributed by atoms with Gasteiger partial charge in [-0.25, -0.2) is 0 Å². The van der Waals surface area contributed by atoms with E-state index in [1.54, 1.807) is 0 Å². The maximum absolute atomic E-state index is 3.21. The predicted molar refractivity (Wildman–Crippen MR) is 67.2 cm³/mol. The van der Waals surface area contributed by atoms with E-state index in [2.05, 4.69) is 17.1 Å². The molecule has 0 unspecified atom stereocenters. The van der Waals surface area contributed by atoms with E-state index in [9.17, 15) is 0 Å². The first-order chi connectivity index (χ1) is 7.36. The molecule has 1 saturated heterocycles. The van der Waals surface area contributed by atoms with E-state index in [0.29, 0.717) is 0 Å². The van der Waals surface area contributed by atoms with Crippen molar-refractivity contribution >= 4 is 0 Å². The molecule has 1 aliphatic heterocycles. The first-order valence-electron chi connectivity index (χ1n) is 6.73. The molecule has 0 amide bonds. The molecule has 0 spiro atoms. The van der Waals surface area contributed by atoms with Gasteiger partial charge in [0.05, 0.1) is 0 Å². The van der Waals surface area contributed by atoms with Crippen molar-refractivity contribution in [1.29, 1.82) is 0 Å². The molecule has 1 N–H and O–H groups in total. The first-order valence-corrected chi connectivity index (χ1v) is 6.73. The molecule has 0 radical (unpaired) electrons. The number of piperidine rings is 1. The molecule has 1 heterocycles. The largest absolute Gasteiger partial charge is 0.320 e. The lowest BCUT2D eigenvalue weighted by Gasteiger charge is -2.31. The quantitative estimate of drug-likeness (QED) is 0.652. The lowest BCUT2D eigenvalue weighted by Crippen LogP contribution is -2.34. The monoisotopic (exact) mass is 212 g/mol. The highest BCUT2D eigenvalue weighted by Gasteiger charge is 2.16. The number of likely N-dealkylation sites (tertiary alicyclic amines) is 1. The van der Waals surface area contributed by atoms with Crippen LogP contribution in [0, 0.1) is 5.92 Å². The minimum atomic E-state index is 1.02. The summed E-state index contributed by atoms with van der Waals surface area (Å²) in [4.78, 5) is 2.66. The van der Waals surface area contributed by atoms with Gasteiger partial charge in [0.15, 0.2) is 0 Å². The van der Waals surface area contributed by atoms with Crippen LogP contribution >= 0.6 is 0 Å². The van der Waals surface area contributed by atoms with Gasteiger partial charge in [0, 0.05) is 0 Å². The van der Waals surface area contributed by atoms with Crippen LogP contribution in [0.3, 0.4) is 0 Å². The molecule has 2 nitrogen and oxygen atoms in total. The third-order valence-corrected chi connectivity index (χ3v) is 3.69. The van der Waals surface area contributed by atoms with Crippen molar-refractivity contribution in [2.24, 2.45) is 5.92 Å². The van der Waals surface area contributed by atoms with E-state index in [1.807, 2.05) is 7.05 Å². The SMILES string of the molecule is CCC1CCN(CCCCCNC)CC1. The molecular weight excluding hydrogens is 184 g/mol. The summed E-state index contributed by atoms with van der Waals surface area (Å²) in [5, 5.41) is 3.21. The van der Waals surface area contributed by atoms with Gasteiger partial charge in [0.1, 0.15) is 0 Å². The van der Waals surface area contributed by atoms with Crippen LogP contribution < -0.4 is 5.32 Å². The fraction of sp³-hybridized carbons (Fsp3) is 1.00. The van der Waals surface area contributed by atoms with Gasteiger partial charge in [-0.3, -0.25) is 0 Å². The summed E-state index contributed by atoms with van der Waals surface area (Å²) in [5.74, 6) is 1.02. The molecule has 1 rings (SSSR count). The van der Waals surface area contributed by atoms with Crippen LogP contribution in [0.4, 0.5) is 0 Å². The van der Waals surface area contributed by atoms with Crippen molar-refractivity contribution in [3.8, 4) is 0 Å². The summed E-state index contributed by atoms with van der Waals surface area (Å²) in [6.45, 7) is 7.55. The standard InChI is InChI=1S/C13H28N2/c1-3-13-7-11-15(12-8-13)10-6-4-5-9-14-2/h13-14H,3-12H2,1-2H3. The molecular formula is C13H28N2.